The maximum Gasteiger partial charge on any atom is 0.345 e. The Morgan fingerprint density at radius 3 is 2.44 bits per heavy atom. The van der Waals surface area contributed by atoms with Crippen LogP contribution < -0.4 is 0 Å². The largest absolute Gasteiger partial charge is 0.389 e. The van der Waals surface area contributed by atoms with Gasteiger partial charge in [0.15, 0.2) is 0 Å². The fourth-order valence-corrected chi connectivity index (χ4v) is 2.16. The molecule has 0 spiro atoms. The molecule has 1 aromatic rings. The van der Waals surface area contributed by atoms with Crippen molar-refractivity contribution in [2.24, 2.45) is 11.8 Å². The minimum Gasteiger partial charge on any atom is -0.389 e. The summed E-state index contributed by atoms with van der Waals surface area (Å²) in [6.07, 6.45) is 1.07. The minimum atomic E-state index is -0.780. The van der Waals surface area contributed by atoms with Gasteiger partial charge in [-0.3, -0.25) is 9.59 Å². The van der Waals surface area contributed by atoms with E-state index in [1.165, 1.54) is 0 Å². The van der Waals surface area contributed by atoms with Crippen molar-refractivity contribution in [3.8, 4) is 0 Å². The van der Waals surface area contributed by atoms with E-state index in [4.69, 9.17) is 4.74 Å². The number of hydrogen-bond acceptors (Lipinski definition) is 4. The number of carbonyl (C=O) groups excluding carboxylic acids is 3. The molecule has 0 N–H and O–H groups in total. The van der Waals surface area contributed by atoms with Gasteiger partial charge >= 0.3 is 11.9 Å². The van der Waals surface area contributed by atoms with E-state index in [2.05, 4.69) is 0 Å². The first-order valence-electron chi connectivity index (χ1n) is 5.93. The zero-order chi connectivity index (χ0) is 13.1. The number of Topliss-reactive ketones (excluding diaryl/α,β-unsaturated/α-hetero) is 1. The molecule has 94 valence electrons. The normalized spacial score (nSPS) is 22.8. The number of ketones is 1. The third-order valence-corrected chi connectivity index (χ3v) is 3.22. The lowest BCUT2D eigenvalue weighted by molar-refractivity contribution is -0.146. The zero-order valence-electron chi connectivity index (χ0n) is 10.1. The average Bonchev–Trinajstić information content (AvgIpc) is 2.70. The average molecular weight is 246 g/mol. The van der Waals surface area contributed by atoms with Crippen molar-refractivity contribution in [1.82, 2.24) is 0 Å². The van der Waals surface area contributed by atoms with Gasteiger partial charge in [0.1, 0.15) is 11.7 Å². The molecule has 2 atom stereocenters. The monoisotopic (exact) mass is 246 g/mol. The number of hydrogen-bond donors (Lipinski definition) is 0. The van der Waals surface area contributed by atoms with Crippen LogP contribution >= 0.6 is 0 Å². The van der Waals surface area contributed by atoms with Crippen LogP contribution in [-0.4, -0.2) is 17.7 Å². The summed E-state index contributed by atoms with van der Waals surface area (Å²) in [7, 11) is 0. The van der Waals surface area contributed by atoms with E-state index in [-0.39, 0.29) is 11.7 Å². The summed E-state index contributed by atoms with van der Waals surface area (Å²) in [6, 6.07) is 8.26. The fourth-order valence-electron chi connectivity index (χ4n) is 2.16. The van der Waals surface area contributed by atoms with Gasteiger partial charge in [0.25, 0.3) is 0 Å². The Morgan fingerprint density at radius 1 is 1.22 bits per heavy atom. The molecule has 1 saturated carbocycles. The highest BCUT2D eigenvalue weighted by Crippen LogP contribution is 2.29. The molecule has 0 aromatic heterocycles. The number of rotatable bonds is 2. The van der Waals surface area contributed by atoms with E-state index < -0.39 is 17.9 Å². The summed E-state index contributed by atoms with van der Waals surface area (Å²) in [5, 5.41) is 0. The van der Waals surface area contributed by atoms with E-state index in [0.29, 0.717) is 18.4 Å². The Kier molecular flexibility index (Phi) is 3.55. The molecule has 4 heteroatoms. The molecule has 0 saturated heterocycles. The molecule has 0 aliphatic heterocycles. The summed E-state index contributed by atoms with van der Waals surface area (Å²) >= 11 is 0. The SMILES string of the molecule is C[C@@H]1CCC(=O)[C@H]1C(=O)OC(=O)c1ccccc1. The third-order valence-electron chi connectivity index (χ3n) is 3.22. The van der Waals surface area contributed by atoms with Crippen LogP contribution in [0.4, 0.5) is 0 Å². The van der Waals surface area contributed by atoms with Crippen molar-refractivity contribution in [2.45, 2.75) is 19.8 Å². The first-order chi connectivity index (χ1) is 8.59. The molecule has 2 rings (SSSR count). The topological polar surface area (TPSA) is 60.4 Å². The van der Waals surface area contributed by atoms with E-state index in [1.807, 2.05) is 6.92 Å². The number of carbonyl (C=O) groups is 3. The molecule has 1 aliphatic rings. The lowest BCUT2D eigenvalue weighted by atomic mass is 9.98. The third kappa shape index (κ3) is 2.47. The molecule has 0 amide bonds. The van der Waals surface area contributed by atoms with Gasteiger partial charge in [0, 0.05) is 6.42 Å². The van der Waals surface area contributed by atoms with Crippen LogP contribution in [0.1, 0.15) is 30.1 Å². The zero-order valence-corrected chi connectivity index (χ0v) is 10.1. The lowest BCUT2D eigenvalue weighted by Gasteiger charge is -2.11. The van der Waals surface area contributed by atoms with E-state index in [1.54, 1.807) is 30.3 Å². The van der Waals surface area contributed by atoms with Gasteiger partial charge in [-0.2, -0.15) is 0 Å². The first kappa shape index (κ1) is 12.5. The van der Waals surface area contributed by atoms with Crippen molar-refractivity contribution >= 4 is 17.7 Å². The van der Waals surface area contributed by atoms with E-state index >= 15 is 0 Å². The summed E-state index contributed by atoms with van der Waals surface area (Å²) in [6.45, 7) is 1.82. The quantitative estimate of drug-likeness (QED) is 0.591. The molecule has 18 heavy (non-hydrogen) atoms. The molecule has 1 fully saturated rings. The minimum absolute atomic E-state index is 0.0476. The Balaban J connectivity index is 2.04. The maximum atomic E-state index is 11.8. The van der Waals surface area contributed by atoms with Crippen molar-refractivity contribution in [3.05, 3.63) is 35.9 Å². The molecular weight excluding hydrogens is 232 g/mol. The van der Waals surface area contributed by atoms with Crippen LogP contribution in [0, 0.1) is 11.8 Å². The van der Waals surface area contributed by atoms with Crippen LogP contribution in [0.2, 0.25) is 0 Å². The van der Waals surface area contributed by atoms with E-state index in [9.17, 15) is 14.4 Å². The highest BCUT2D eigenvalue weighted by Gasteiger charge is 2.39. The number of ether oxygens (including phenoxy) is 1. The number of benzene rings is 1. The second kappa shape index (κ2) is 5.12. The molecule has 0 bridgehead atoms. The summed E-state index contributed by atoms with van der Waals surface area (Å²) in [4.78, 5) is 35.0. The Labute approximate surface area is 105 Å². The van der Waals surface area contributed by atoms with Gasteiger partial charge in [-0.25, -0.2) is 4.79 Å². The molecule has 1 aromatic carbocycles. The molecule has 0 unspecified atom stereocenters. The van der Waals surface area contributed by atoms with Crippen LogP contribution in [0.15, 0.2) is 30.3 Å². The fraction of sp³-hybridized carbons (Fsp3) is 0.357. The second-order valence-corrected chi connectivity index (χ2v) is 4.53. The molecule has 1 aliphatic carbocycles. The van der Waals surface area contributed by atoms with Gasteiger partial charge < -0.3 is 4.74 Å². The molecule has 4 nitrogen and oxygen atoms in total. The summed E-state index contributed by atoms with van der Waals surface area (Å²) < 4.78 is 4.76. The van der Waals surface area contributed by atoms with Crippen LogP contribution in [0.25, 0.3) is 0 Å². The first-order valence-corrected chi connectivity index (χ1v) is 5.93. The van der Waals surface area contributed by atoms with Gasteiger partial charge in [-0.05, 0) is 24.5 Å². The molecular formula is C14H14O4. The highest BCUT2D eigenvalue weighted by atomic mass is 16.6. The van der Waals surface area contributed by atoms with Crippen LogP contribution in [0.3, 0.4) is 0 Å². The van der Waals surface area contributed by atoms with Gasteiger partial charge in [-0.15, -0.1) is 0 Å². The summed E-state index contributed by atoms with van der Waals surface area (Å²) in [5.74, 6) is -2.38. The van der Waals surface area contributed by atoms with E-state index in [0.717, 1.165) is 0 Å². The highest BCUT2D eigenvalue weighted by molar-refractivity contribution is 6.06. The number of esters is 2. The second-order valence-electron chi connectivity index (χ2n) is 4.53. The van der Waals surface area contributed by atoms with Crippen molar-refractivity contribution in [3.63, 3.8) is 0 Å². The van der Waals surface area contributed by atoms with Crippen molar-refractivity contribution in [1.29, 1.82) is 0 Å². The Bertz CT molecular complexity index is 478. The maximum absolute atomic E-state index is 11.8. The van der Waals surface area contributed by atoms with Gasteiger partial charge in [0.05, 0.1) is 5.56 Å². The Morgan fingerprint density at radius 2 is 1.89 bits per heavy atom. The van der Waals surface area contributed by atoms with Crippen LogP contribution in [0.5, 0.6) is 0 Å². The standard InChI is InChI=1S/C14H14O4/c1-9-7-8-11(15)12(9)14(17)18-13(16)10-5-3-2-4-6-10/h2-6,9,12H,7-8H2,1H3/t9-,12+/m1/s1. The Hall–Kier alpha value is -1.97. The molecule has 0 radical (unpaired) electrons. The predicted molar refractivity (Wildman–Crippen MR) is 63.8 cm³/mol. The van der Waals surface area contributed by atoms with Crippen molar-refractivity contribution in [2.75, 3.05) is 0 Å². The van der Waals surface area contributed by atoms with Crippen LogP contribution in [-0.2, 0) is 14.3 Å². The predicted octanol–water partition coefficient (Wildman–Crippen LogP) is 1.99. The lowest BCUT2D eigenvalue weighted by Crippen LogP contribution is -2.27. The smallest absolute Gasteiger partial charge is 0.345 e. The molecule has 0 heterocycles. The van der Waals surface area contributed by atoms with Crippen molar-refractivity contribution < 1.29 is 19.1 Å². The summed E-state index contributed by atoms with van der Waals surface area (Å²) in [5.41, 5.74) is 0.309. The van der Waals surface area contributed by atoms with Gasteiger partial charge in [0.2, 0.25) is 0 Å². The van der Waals surface area contributed by atoms with Gasteiger partial charge in [-0.1, -0.05) is 25.1 Å².